The van der Waals surface area contributed by atoms with Crippen LogP contribution in [0.25, 0.3) is 0 Å². The lowest BCUT2D eigenvalue weighted by Crippen LogP contribution is -2.43. The van der Waals surface area contributed by atoms with Crippen molar-refractivity contribution in [2.75, 3.05) is 20.2 Å². The van der Waals surface area contributed by atoms with Crippen LogP contribution in [0.4, 0.5) is 4.79 Å². The highest BCUT2D eigenvalue weighted by Crippen LogP contribution is 2.22. The van der Waals surface area contributed by atoms with Crippen LogP contribution in [0.5, 0.6) is 0 Å². The van der Waals surface area contributed by atoms with Crippen LogP contribution in [0.3, 0.4) is 0 Å². The molecule has 1 heterocycles. The van der Waals surface area contributed by atoms with Crippen molar-refractivity contribution in [3.05, 3.63) is 48.0 Å². The molecule has 0 bridgehead atoms. The Balaban J connectivity index is 1.92. The monoisotopic (exact) mass is 289 g/mol. The van der Waals surface area contributed by atoms with Gasteiger partial charge in [0.25, 0.3) is 0 Å². The zero-order valence-electron chi connectivity index (χ0n) is 12.1. The van der Waals surface area contributed by atoms with Crippen LogP contribution >= 0.6 is 0 Å². The van der Waals surface area contributed by atoms with Crippen molar-refractivity contribution in [3.63, 3.8) is 0 Å². The lowest BCUT2D eigenvalue weighted by Gasteiger charge is -2.31. The first-order valence-electron chi connectivity index (χ1n) is 6.80. The van der Waals surface area contributed by atoms with Crippen LogP contribution < -0.4 is 0 Å². The number of nitrogens with zero attached hydrogens (tertiary/aromatic N) is 1. The molecule has 0 aliphatic carbocycles. The Morgan fingerprint density at radius 2 is 2.05 bits per heavy atom. The van der Waals surface area contributed by atoms with Crippen molar-refractivity contribution in [2.24, 2.45) is 5.92 Å². The number of carbonyl (C=O) groups is 2. The largest absolute Gasteiger partial charge is 0.469 e. The van der Waals surface area contributed by atoms with Crippen LogP contribution in [0.1, 0.15) is 12.0 Å². The summed E-state index contributed by atoms with van der Waals surface area (Å²) >= 11 is 0. The van der Waals surface area contributed by atoms with E-state index in [0.717, 1.165) is 11.1 Å². The molecule has 0 radical (unpaired) electrons. The fourth-order valence-corrected chi connectivity index (χ4v) is 2.35. The van der Waals surface area contributed by atoms with E-state index >= 15 is 0 Å². The molecule has 5 nitrogen and oxygen atoms in total. The Bertz CT molecular complexity index is 526. The second-order valence-corrected chi connectivity index (χ2v) is 5.09. The molecular weight excluding hydrogens is 270 g/mol. The van der Waals surface area contributed by atoms with Crippen LogP contribution in [-0.2, 0) is 20.9 Å². The van der Waals surface area contributed by atoms with Crippen molar-refractivity contribution in [3.8, 4) is 0 Å². The van der Waals surface area contributed by atoms with E-state index in [9.17, 15) is 9.59 Å². The van der Waals surface area contributed by atoms with E-state index in [4.69, 9.17) is 9.47 Å². The molecule has 1 amide bonds. The van der Waals surface area contributed by atoms with E-state index in [-0.39, 0.29) is 18.5 Å². The number of carbonyl (C=O) groups excluding carboxylic acids is 2. The molecule has 1 aromatic carbocycles. The molecule has 1 aliphatic heterocycles. The Kier molecular flexibility index (Phi) is 4.98. The van der Waals surface area contributed by atoms with Gasteiger partial charge in [-0.1, -0.05) is 42.5 Å². The van der Waals surface area contributed by atoms with Gasteiger partial charge in [0.15, 0.2) is 0 Å². The maximum atomic E-state index is 12.1. The second-order valence-electron chi connectivity index (χ2n) is 5.09. The first-order chi connectivity index (χ1) is 10.1. The lowest BCUT2D eigenvalue weighted by atomic mass is 9.95. The summed E-state index contributed by atoms with van der Waals surface area (Å²) in [6, 6.07) is 9.46. The SMILES string of the molecule is C=C1CC(C(=O)OC)CN(C(=O)OCc2ccccc2)C1. The Labute approximate surface area is 124 Å². The van der Waals surface area contributed by atoms with Gasteiger partial charge in [0.1, 0.15) is 6.61 Å². The Morgan fingerprint density at radius 1 is 1.33 bits per heavy atom. The quantitative estimate of drug-likeness (QED) is 0.633. The van der Waals surface area contributed by atoms with Gasteiger partial charge < -0.3 is 14.4 Å². The number of esters is 1. The van der Waals surface area contributed by atoms with Gasteiger partial charge in [0, 0.05) is 13.1 Å². The van der Waals surface area contributed by atoms with Gasteiger partial charge in [-0.3, -0.25) is 4.79 Å². The van der Waals surface area contributed by atoms with Gasteiger partial charge in [-0.15, -0.1) is 0 Å². The molecule has 1 unspecified atom stereocenters. The van der Waals surface area contributed by atoms with Crippen molar-refractivity contribution in [1.29, 1.82) is 0 Å². The van der Waals surface area contributed by atoms with Crippen LogP contribution in [0.15, 0.2) is 42.5 Å². The highest BCUT2D eigenvalue weighted by Gasteiger charge is 2.31. The van der Waals surface area contributed by atoms with Gasteiger partial charge in [-0.25, -0.2) is 4.79 Å². The number of hydrogen-bond donors (Lipinski definition) is 0. The summed E-state index contributed by atoms with van der Waals surface area (Å²) in [5.74, 6) is -0.683. The number of rotatable bonds is 3. The van der Waals surface area contributed by atoms with Gasteiger partial charge in [-0.05, 0) is 12.0 Å². The third-order valence-corrected chi connectivity index (χ3v) is 3.39. The number of likely N-dealkylation sites (tertiary alicyclic amines) is 1. The van der Waals surface area contributed by atoms with Crippen molar-refractivity contribution in [1.82, 2.24) is 4.90 Å². The molecule has 1 fully saturated rings. The van der Waals surface area contributed by atoms with E-state index in [1.165, 1.54) is 12.0 Å². The first-order valence-corrected chi connectivity index (χ1v) is 6.80. The summed E-state index contributed by atoms with van der Waals surface area (Å²) in [5, 5.41) is 0. The molecule has 0 N–H and O–H groups in total. The number of hydrogen-bond acceptors (Lipinski definition) is 4. The summed E-state index contributed by atoms with van der Waals surface area (Å²) in [7, 11) is 1.35. The fourth-order valence-electron chi connectivity index (χ4n) is 2.35. The fraction of sp³-hybridized carbons (Fsp3) is 0.375. The normalized spacial score (nSPS) is 18.2. The lowest BCUT2D eigenvalue weighted by molar-refractivity contribution is -0.146. The standard InChI is InChI=1S/C16H19NO4/c1-12-8-14(15(18)20-2)10-17(9-12)16(19)21-11-13-6-4-3-5-7-13/h3-7,14H,1,8-11H2,2H3. The highest BCUT2D eigenvalue weighted by atomic mass is 16.6. The van der Waals surface area contributed by atoms with E-state index in [1.807, 2.05) is 30.3 Å². The molecular formula is C16H19NO4. The first kappa shape index (κ1) is 15.1. The minimum atomic E-state index is -0.436. The molecule has 21 heavy (non-hydrogen) atoms. The average molecular weight is 289 g/mol. The molecule has 2 rings (SSSR count). The zero-order chi connectivity index (χ0) is 15.2. The van der Waals surface area contributed by atoms with E-state index in [1.54, 1.807) is 0 Å². The maximum absolute atomic E-state index is 12.1. The van der Waals surface area contributed by atoms with Crippen LogP contribution in [0, 0.1) is 5.92 Å². The van der Waals surface area contributed by atoms with Crippen molar-refractivity contribution < 1.29 is 19.1 Å². The van der Waals surface area contributed by atoms with Gasteiger partial charge in [0.2, 0.25) is 0 Å². The van der Waals surface area contributed by atoms with Crippen molar-refractivity contribution in [2.45, 2.75) is 13.0 Å². The molecule has 5 heteroatoms. The smallest absolute Gasteiger partial charge is 0.410 e. The van der Waals surface area contributed by atoms with E-state index in [2.05, 4.69) is 6.58 Å². The molecule has 0 aromatic heterocycles. The third kappa shape index (κ3) is 4.08. The molecule has 112 valence electrons. The second kappa shape index (κ2) is 6.92. The molecule has 0 spiro atoms. The van der Waals surface area contributed by atoms with E-state index in [0.29, 0.717) is 19.5 Å². The summed E-state index contributed by atoms with van der Waals surface area (Å²) in [4.78, 5) is 25.2. The minimum Gasteiger partial charge on any atom is -0.469 e. The molecule has 1 aliphatic rings. The zero-order valence-corrected chi connectivity index (χ0v) is 12.1. The molecule has 1 saturated heterocycles. The van der Waals surface area contributed by atoms with Gasteiger partial charge in [0.05, 0.1) is 13.0 Å². The van der Waals surface area contributed by atoms with Gasteiger partial charge >= 0.3 is 12.1 Å². The Hall–Kier alpha value is -2.30. The van der Waals surface area contributed by atoms with Crippen LogP contribution in [0.2, 0.25) is 0 Å². The predicted octanol–water partition coefficient (Wildman–Crippen LogP) is 2.37. The molecule has 1 aromatic rings. The van der Waals surface area contributed by atoms with Crippen molar-refractivity contribution >= 4 is 12.1 Å². The summed E-state index contributed by atoms with van der Waals surface area (Å²) in [6.45, 7) is 4.81. The summed E-state index contributed by atoms with van der Waals surface area (Å²) in [5.41, 5.74) is 1.75. The average Bonchev–Trinajstić information content (AvgIpc) is 2.52. The number of ether oxygens (including phenoxy) is 2. The number of amides is 1. The topological polar surface area (TPSA) is 55.8 Å². The molecule has 0 saturated carbocycles. The number of benzene rings is 1. The summed E-state index contributed by atoms with van der Waals surface area (Å²) in [6.07, 6.45) is 0.114. The number of piperidine rings is 1. The van der Waals surface area contributed by atoms with Crippen LogP contribution in [-0.4, -0.2) is 37.2 Å². The summed E-state index contributed by atoms with van der Waals surface area (Å²) < 4.78 is 10.0. The number of methoxy groups -OCH3 is 1. The minimum absolute atomic E-state index is 0.214. The maximum Gasteiger partial charge on any atom is 0.410 e. The predicted molar refractivity (Wildman–Crippen MR) is 77.5 cm³/mol. The third-order valence-electron chi connectivity index (χ3n) is 3.39. The highest BCUT2D eigenvalue weighted by molar-refractivity contribution is 5.75. The Morgan fingerprint density at radius 3 is 2.71 bits per heavy atom. The van der Waals surface area contributed by atoms with E-state index < -0.39 is 6.09 Å². The molecule has 1 atom stereocenters. The van der Waals surface area contributed by atoms with Gasteiger partial charge in [-0.2, -0.15) is 0 Å².